The molecule has 1 N–H and O–H groups in total. The Morgan fingerprint density at radius 1 is 1.00 bits per heavy atom. The van der Waals surface area contributed by atoms with Gasteiger partial charge in [0.2, 0.25) is 0 Å². The number of nitrogens with zero attached hydrogens (tertiary/aromatic N) is 1. The molecule has 0 rings (SSSR count). The molecule has 0 aromatic heterocycles. The Balaban J connectivity index is 3.28. The lowest BCUT2D eigenvalue weighted by Crippen LogP contribution is -2.21. The molecule has 0 aliphatic carbocycles. The van der Waals surface area contributed by atoms with Gasteiger partial charge in [0.15, 0.2) is 0 Å². The minimum Gasteiger partial charge on any atom is -0.374 e. The molecular formula is C12H26N2. The first-order chi connectivity index (χ1) is 6.81. The molecule has 84 valence electrons. The maximum absolute atomic E-state index is 4.46. The molecule has 0 bridgehead atoms. The fourth-order valence-electron chi connectivity index (χ4n) is 1.31. The molecule has 14 heavy (non-hydrogen) atoms. The topological polar surface area (TPSA) is 24.4 Å². The Bertz CT molecular complexity index is 141. The third kappa shape index (κ3) is 9.56. The molecule has 0 aromatic carbocycles. The number of rotatable bonds is 8. The monoisotopic (exact) mass is 198 g/mol. The van der Waals surface area contributed by atoms with Crippen molar-refractivity contribution in [3.05, 3.63) is 0 Å². The van der Waals surface area contributed by atoms with Gasteiger partial charge in [-0.3, -0.25) is 4.99 Å². The van der Waals surface area contributed by atoms with Gasteiger partial charge >= 0.3 is 0 Å². The van der Waals surface area contributed by atoms with E-state index in [2.05, 4.69) is 31.1 Å². The van der Waals surface area contributed by atoms with Crippen LogP contribution in [0.3, 0.4) is 0 Å². The lowest BCUT2D eigenvalue weighted by atomic mass is 10.2. The maximum Gasteiger partial charge on any atom is 0.0931 e. The normalized spacial score (nSPS) is 11.8. The summed E-state index contributed by atoms with van der Waals surface area (Å²) < 4.78 is 0. The first-order valence-corrected chi connectivity index (χ1v) is 6.06. The Morgan fingerprint density at radius 2 is 1.64 bits per heavy atom. The molecule has 0 radical (unpaired) electrons. The van der Waals surface area contributed by atoms with Crippen LogP contribution >= 0.6 is 0 Å². The van der Waals surface area contributed by atoms with Crippen LogP contribution in [0.15, 0.2) is 4.99 Å². The molecule has 0 aliphatic rings. The summed E-state index contributed by atoms with van der Waals surface area (Å²) in [7, 11) is 0. The predicted molar refractivity (Wildman–Crippen MR) is 65.0 cm³/mol. The summed E-state index contributed by atoms with van der Waals surface area (Å²) in [4.78, 5) is 4.46. The summed E-state index contributed by atoms with van der Waals surface area (Å²) in [6.45, 7) is 8.58. The minimum absolute atomic E-state index is 0.987. The highest BCUT2D eigenvalue weighted by atomic mass is 15.0. The SMILES string of the molecule is CCCCCN=C(C)NCCCCC. The fraction of sp³-hybridized carbons (Fsp3) is 0.917. The smallest absolute Gasteiger partial charge is 0.0931 e. The summed E-state index contributed by atoms with van der Waals surface area (Å²) in [5.41, 5.74) is 0. The average molecular weight is 198 g/mol. The Morgan fingerprint density at radius 3 is 2.29 bits per heavy atom. The minimum atomic E-state index is 0.987. The highest BCUT2D eigenvalue weighted by Gasteiger charge is 1.90. The molecule has 0 saturated carbocycles. The molecule has 0 aliphatic heterocycles. The van der Waals surface area contributed by atoms with Crippen molar-refractivity contribution in [3.8, 4) is 0 Å². The van der Waals surface area contributed by atoms with Gasteiger partial charge in [0, 0.05) is 13.1 Å². The molecule has 0 amide bonds. The molecule has 0 heterocycles. The van der Waals surface area contributed by atoms with Crippen molar-refractivity contribution in [2.45, 2.75) is 59.3 Å². The van der Waals surface area contributed by atoms with E-state index in [1.54, 1.807) is 0 Å². The second-order valence-corrected chi connectivity index (χ2v) is 3.81. The Hall–Kier alpha value is -0.530. The lowest BCUT2D eigenvalue weighted by Gasteiger charge is -2.04. The third-order valence-corrected chi connectivity index (χ3v) is 2.27. The molecule has 0 saturated heterocycles. The summed E-state index contributed by atoms with van der Waals surface area (Å²) in [5, 5.41) is 3.34. The standard InChI is InChI=1S/C12H26N2/c1-4-6-8-10-13-12(3)14-11-9-7-5-2/h4-11H2,1-3H3,(H,13,14). The largest absolute Gasteiger partial charge is 0.374 e. The lowest BCUT2D eigenvalue weighted by molar-refractivity contribution is 0.688. The van der Waals surface area contributed by atoms with Gasteiger partial charge in [0.05, 0.1) is 5.84 Å². The van der Waals surface area contributed by atoms with Crippen molar-refractivity contribution in [1.82, 2.24) is 5.32 Å². The Labute approximate surface area is 89.2 Å². The van der Waals surface area contributed by atoms with Crippen LogP contribution in [0.2, 0.25) is 0 Å². The summed E-state index contributed by atoms with van der Waals surface area (Å²) in [6.07, 6.45) is 7.67. The van der Waals surface area contributed by atoms with Crippen LogP contribution in [0.25, 0.3) is 0 Å². The van der Waals surface area contributed by atoms with E-state index in [4.69, 9.17) is 0 Å². The number of hydrogen-bond donors (Lipinski definition) is 1. The van der Waals surface area contributed by atoms with Crippen molar-refractivity contribution in [1.29, 1.82) is 0 Å². The predicted octanol–water partition coefficient (Wildman–Crippen LogP) is 3.37. The van der Waals surface area contributed by atoms with Crippen LogP contribution in [-0.4, -0.2) is 18.9 Å². The molecule has 0 unspecified atom stereocenters. The molecule has 2 heteroatoms. The van der Waals surface area contributed by atoms with Crippen LogP contribution in [0.1, 0.15) is 59.3 Å². The van der Waals surface area contributed by atoms with Crippen molar-refractivity contribution >= 4 is 5.84 Å². The molecule has 0 spiro atoms. The fourth-order valence-corrected chi connectivity index (χ4v) is 1.31. The van der Waals surface area contributed by atoms with Crippen molar-refractivity contribution < 1.29 is 0 Å². The average Bonchev–Trinajstić information content (AvgIpc) is 2.19. The highest BCUT2D eigenvalue weighted by Crippen LogP contribution is 1.94. The first kappa shape index (κ1) is 13.5. The summed E-state index contributed by atoms with van der Waals surface area (Å²) in [5.74, 6) is 1.11. The van der Waals surface area contributed by atoms with Crippen LogP contribution in [0.4, 0.5) is 0 Å². The van der Waals surface area contributed by atoms with Crippen molar-refractivity contribution in [2.24, 2.45) is 4.99 Å². The zero-order valence-electron chi connectivity index (χ0n) is 10.1. The van der Waals surface area contributed by atoms with Gasteiger partial charge in [-0.1, -0.05) is 39.5 Å². The molecule has 2 nitrogen and oxygen atoms in total. The van der Waals surface area contributed by atoms with Gasteiger partial charge in [-0.05, 0) is 19.8 Å². The Kier molecular flexibility index (Phi) is 10.2. The highest BCUT2D eigenvalue weighted by molar-refractivity contribution is 5.79. The van der Waals surface area contributed by atoms with Crippen LogP contribution in [-0.2, 0) is 0 Å². The number of amidine groups is 1. The number of unbranched alkanes of at least 4 members (excludes halogenated alkanes) is 4. The third-order valence-electron chi connectivity index (χ3n) is 2.27. The van der Waals surface area contributed by atoms with Gasteiger partial charge in [0.1, 0.15) is 0 Å². The number of nitrogens with one attached hydrogen (secondary N) is 1. The first-order valence-electron chi connectivity index (χ1n) is 6.06. The van der Waals surface area contributed by atoms with E-state index >= 15 is 0 Å². The van der Waals surface area contributed by atoms with Gasteiger partial charge < -0.3 is 5.32 Å². The van der Waals surface area contributed by atoms with E-state index in [1.165, 1.54) is 38.5 Å². The second kappa shape index (κ2) is 10.6. The van der Waals surface area contributed by atoms with Gasteiger partial charge in [-0.2, -0.15) is 0 Å². The molecule has 0 aromatic rings. The van der Waals surface area contributed by atoms with E-state index in [-0.39, 0.29) is 0 Å². The van der Waals surface area contributed by atoms with Gasteiger partial charge in [-0.25, -0.2) is 0 Å². The number of aliphatic imine (C=N–C) groups is 1. The zero-order chi connectivity index (χ0) is 10.6. The van der Waals surface area contributed by atoms with E-state index in [9.17, 15) is 0 Å². The molecular weight excluding hydrogens is 172 g/mol. The molecule has 0 atom stereocenters. The van der Waals surface area contributed by atoms with E-state index in [1.807, 2.05) is 0 Å². The number of hydrogen-bond acceptors (Lipinski definition) is 1. The second-order valence-electron chi connectivity index (χ2n) is 3.81. The van der Waals surface area contributed by atoms with Gasteiger partial charge in [0.25, 0.3) is 0 Å². The zero-order valence-corrected chi connectivity index (χ0v) is 10.1. The van der Waals surface area contributed by atoms with Crippen molar-refractivity contribution in [2.75, 3.05) is 13.1 Å². The van der Waals surface area contributed by atoms with Gasteiger partial charge in [-0.15, -0.1) is 0 Å². The maximum atomic E-state index is 4.46. The summed E-state index contributed by atoms with van der Waals surface area (Å²) in [6, 6.07) is 0. The summed E-state index contributed by atoms with van der Waals surface area (Å²) >= 11 is 0. The van der Waals surface area contributed by atoms with Crippen molar-refractivity contribution in [3.63, 3.8) is 0 Å². The van der Waals surface area contributed by atoms with Crippen LogP contribution < -0.4 is 5.32 Å². The van der Waals surface area contributed by atoms with E-state index < -0.39 is 0 Å². The van der Waals surface area contributed by atoms with Crippen LogP contribution in [0, 0.1) is 0 Å². The quantitative estimate of drug-likeness (QED) is 0.361. The van der Waals surface area contributed by atoms with E-state index in [0.29, 0.717) is 0 Å². The molecule has 0 fully saturated rings. The van der Waals surface area contributed by atoms with E-state index in [0.717, 1.165) is 18.9 Å². The van der Waals surface area contributed by atoms with Crippen LogP contribution in [0.5, 0.6) is 0 Å².